The van der Waals surface area contributed by atoms with E-state index < -0.39 is 6.03 Å². The van der Waals surface area contributed by atoms with Gasteiger partial charge in [-0.3, -0.25) is 9.78 Å². The zero-order valence-corrected chi connectivity index (χ0v) is 16.4. The summed E-state index contributed by atoms with van der Waals surface area (Å²) in [6.07, 6.45) is 4.93. The van der Waals surface area contributed by atoms with E-state index in [1.54, 1.807) is 6.07 Å². The minimum atomic E-state index is -0.408. The summed E-state index contributed by atoms with van der Waals surface area (Å²) in [6.45, 7) is 0.416. The van der Waals surface area contributed by atoms with Gasteiger partial charge < -0.3 is 20.5 Å². The molecule has 30 heavy (non-hydrogen) atoms. The molecule has 0 aliphatic heterocycles. The second-order valence-electron chi connectivity index (χ2n) is 6.91. The molecule has 7 nitrogen and oxygen atoms in total. The van der Waals surface area contributed by atoms with Crippen molar-refractivity contribution in [2.45, 2.75) is 6.54 Å². The Morgan fingerprint density at radius 3 is 2.57 bits per heavy atom. The van der Waals surface area contributed by atoms with Gasteiger partial charge in [0.05, 0.1) is 17.4 Å². The Labute approximate surface area is 173 Å². The van der Waals surface area contributed by atoms with Crippen molar-refractivity contribution in [1.82, 2.24) is 14.9 Å². The van der Waals surface area contributed by atoms with Gasteiger partial charge >= 0.3 is 6.03 Å². The summed E-state index contributed by atoms with van der Waals surface area (Å²) in [4.78, 5) is 28.8. The number of rotatable bonds is 5. The van der Waals surface area contributed by atoms with Crippen molar-refractivity contribution in [3.63, 3.8) is 0 Å². The van der Waals surface area contributed by atoms with Crippen LogP contribution in [-0.2, 0) is 13.6 Å². The molecule has 7 heteroatoms. The maximum Gasteiger partial charge on any atom is 0.323 e. The highest BCUT2D eigenvalue weighted by atomic mass is 16.2. The van der Waals surface area contributed by atoms with Crippen LogP contribution in [0.2, 0.25) is 0 Å². The highest BCUT2D eigenvalue weighted by molar-refractivity contribution is 6.02. The number of urea groups is 1. The van der Waals surface area contributed by atoms with Crippen molar-refractivity contribution in [2.75, 3.05) is 10.6 Å². The largest absolute Gasteiger partial charge is 0.351 e. The van der Waals surface area contributed by atoms with Crippen LogP contribution in [-0.4, -0.2) is 21.5 Å². The molecule has 0 radical (unpaired) electrons. The van der Waals surface area contributed by atoms with E-state index in [1.165, 1.54) is 12.4 Å². The number of nitrogens with zero attached hydrogens (tertiary/aromatic N) is 2. The summed E-state index contributed by atoms with van der Waals surface area (Å²) < 4.78 is 2.01. The maximum absolute atomic E-state index is 12.4. The Kier molecular flexibility index (Phi) is 5.43. The lowest BCUT2D eigenvalue weighted by molar-refractivity contribution is 0.0950. The number of aromatic nitrogens is 2. The summed E-state index contributed by atoms with van der Waals surface area (Å²) in [5, 5.41) is 9.40. The van der Waals surface area contributed by atoms with Gasteiger partial charge in [0.2, 0.25) is 0 Å². The van der Waals surface area contributed by atoms with Gasteiger partial charge in [-0.05, 0) is 35.9 Å². The van der Waals surface area contributed by atoms with Crippen molar-refractivity contribution < 1.29 is 9.59 Å². The SMILES string of the molecule is Cn1ccc2cc(NC(=O)Nc3cncc(C(=O)NCc4ccccc4)c3)ccc21. The first-order chi connectivity index (χ1) is 14.6. The van der Waals surface area contributed by atoms with Crippen LogP contribution in [0.25, 0.3) is 10.9 Å². The monoisotopic (exact) mass is 399 g/mol. The predicted molar refractivity (Wildman–Crippen MR) is 117 cm³/mol. The Balaban J connectivity index is 1.38. The van der Waals surface area contributed by atoms with Gasteiger partial charge in [-0.25, -0.2) is 4.79 Å². The zero-order chi connectivity index (χ0) is 20.9. The van der Waals surface area contributed by atoms with Crippen LogP contribution in [0.5, 0.6) is 0 Å². The smallest absolute Gasteiger partial charge is 0.323 e. The summed E-state index contributed by atoms with van der Waals surface area (Å²) in [5.41, 5.74) is 3.56. The number of carbonyl (C=O) groups excluding carboxylic acids is 2. The third-order valence-corrected chi connectivity index (χ3v) is 4.70. The molecule has 4 rings (SSSR count). The molecule has 0 spiro atoms. The second kappa shape index (κ2) is 8.48. The number of anilines is 2. The standard InChI is InChI=1S/C23H21N5O2/c1-28-10-9-17-11-19(7-8-21(17)28)26-23(30)27-20-12-18(14-24-15-20)22(29)25-13-16-5-3-2-4-6-16/h2-12,14-15H,13H2,1H3,(H,25,29)(H2,26,27,30). The second-order valence-corrected chi connectivity index (χ2v) is 6.91. The van der Waals surface area contributed by atoms with E-state index >= 15 is 0 Å². The van der Waals surface area contributed by atoms with E-state index in [1.807, 2.05) is 72.4 Å². The molecular weight excluding hydrogens is 378 g/mol. The number of aryl methyl sites for hydroxylation is 1. The van der Waals surface area contributed by atoms with Gasteiger partial charge in [0.1, 0.15) is 0 Å². The number of nitrogens with one attached hydrogen (secondary N) is 3. The van der Waals surface area contributed by atoms with Crippen LogP contribution in [0.4, 0.5) is 16.2 Å². The number of benzene rings is 2. The third-order valence-electron chi connectivity index (χ3n) is 4.70. The van der Waals surface area contributed by atoms with Crippen molar-refractivity contribution in [3.8, 4) is 0 Å². The van der Waals surface area contributed by atoms with Crippen LogP contribution in [0, 0.1) is 0 Å². The van der Waals surface area contributed by atoms with E-state index in [4.69, 9.17) is 0 Å². The molecular formula is C23H21N5O2. The molecule has 0 saturated heterocycles. The molecule has 2 aromatic heterocycles. The van der Waals surface area contributed by atoms with Crippen LogP contribution in [0.3, 0.4) is 0 Å². The molecule has 4 aromatic rings. The fourth-order valence-corrected chi connectivity index (χ4v) is 3.17. The number of carbonyl (C=O) groups is 2. The molecule has 0 aliphatic rings. The van der Waals surface area contributed by atoms with Gasteiger partial charge in [0.15, 0.2) is 0 Å². The van der Waals surface area contributed by atoms with Gasteiger partial charge in [-0.1, -0.05) is 30.3 Å². The van der Waals surface area contributed by atoms with Crippen molar-refractivity contribution in [1.29, 1.82) is 0 Å². The van der Waals surface area contributed by atoms with Crippen LogP contribution < -0.4 is 16.0 Å². The van der Waals surface area contributed by atoms with Crippen molar-refractivity contribution in [3.05, 3.63) is 90.4 Å². The Morgan fingerprint density at radius 2 is 1.73 bits per heavy atom. The Bertz CT molecular complexity index is 1200. The average molecular weight is 399 g/mol. The number of amides is 3. The van der Waals surface area contributed by atoms with E-state index in [0.29, 0.717) is 23.5 Å². The number of pyridine rings is 1. The molecule has 0 bridgehead atoms. The first-order valence-corrected chi connectivity index (χ1v) is 9.49. The molecule has 2 aromatic carbocycles. The van der Waals surface area contributed by atoms with Crippen molar-refractivity contribution in [2.24, 2.45) is 7.05 Å². The molecule has 2 heterocycles. The lowest BCUT2D eigenvalue weighted by atomic mass is 10.2. The molecule has 0 fully saturated rings. The topological polar surface area (TPSA) is 88.1 Å². The quantitative estimate of drug-likeness (QED) is 0.471. The molecule has 0 atom stereocenters. The molecule has 0 saturated carbocycles. The highest BCUT2D eigenvalue weighted by Crippen LogP contribution is 2.20. The minimum absolute atomic E-state index is 0.259. The fraction of sp³-hybridized carbons (Fsp3) is 0.0870. The van der Waals surface area contributed by atoms with Crippen LogP contribution in [0.15, 0.2) is 79.3 Å². The van der Waals surface area contributed by atoms with E-state index in [2.05, 4.69) is 20.9 Å². The molecule has 3 amide bonds. The van der Waals surface area contributed by atoms with E-state index in [9.17, 15) is 9.59 Å². The molecule has 0 unspecified atom stereocenters. The fourth-order valence-electron chi connectivity index (χ4n) is 3.17. The normalized spacial score (nSPS) is 10.6. The van der Waals surface area contributed by atoms with Gasteiger partial charge in [-0.15, -0.1) is 0 Å². The lowest BCUT2D eigenvalue weighted by Crippen LogP contribution is -2.24. The van der Waals surface area contributed by atoms with Crippen molar-refractivity contribution >= 4 is 34.2 Å². The lowest BCUT2D eigenvalue weighted by Gasteiger charge is -2.09. The molecule has 150 valence electrons. The third kappa shape index (κ3) is 4.47. The Morgan fingerprint density at radius 1 is 0.933 bits per heavy atom. The minimum Gasteiger partial charge on any atom is -0.351 e. The summed E-state index contributed by atoms with van der Waals surface area (Å²) in [6, 6.07) is 18.5. The van der Waals surface area contributed by atoms with Gasteiger partial charge in [0.25, 0.3) is 5.91 Å². The molecule has 0 aliphatic carbocycles. The molecule has 3 N–H and O–H groups in total. The average Bonchev–Trinajstić information content (AvgIpc) is 3.13. The van der Waals surface area contributed by atoms with Crippen LogP contribution in [0.1, 0.15) is 15.9 Å². The summed E-state index contributed by atoms with van der Waals surface area (Å²) >= 11 is 0. The Hall–Kier alpha value is -4.13. The number of fused-ring (bicyclic) bond motifs is 1. The summed E-state index contributed by atoms with van der Waals surface area (Å²) in [5.74, 6) is -0.259. The van der Waals surface area contributed by atoms with Gasteiger partial charge in [0, 0.05) is 42.6 Å². The first kappa shape index (κ1) is 19.2. The first-order valence-electron chi connectivity index (χ1n) is 9.49. The van der Waals surface area contributed by atoms with E-state index in [0.717, 1.165) is 16.5 Å². The van der Waals surface area contributed by atoms with Gasteiger partial charge in [-0.2, -0.15) is 0 Å². The predicted octanol–water partition coefficient (Wildman–Crippen LogP) is 4.15. The van der Waals surface area contributed by atoms with Crippen LogP contribution >= 0.6 is 0 Å². The summed E-state index contributed by atoms with van der Waals surface area (Å²) in [7, 11) is 1.97. The zero-order valence-electron chi connectivity index (χ0n) is 16.4. The van der Waals surface area contributed by atoms with E-state index in [-0.39, 0.29) is 5.91 Å². The number of hydrogen-bond donors (Lipinski definition) is 3. The highest BCUT2D eigenvalue weighted by Gasteiger charge is 2.09. The maximum atomic E-state index is 12.4. The number of hydrogen-bond acceptors (Lipinski definition) is 3.